The molecule has 0 atom stereocenters. The number of piperidine rings is 1. The third-order valence-electron chi connectivity index (χ3n) is 3.94. The molecule has 4 nitrogen and oxygen atoms in total. The molecule has 24 heavy (non-hydrogen) atoms. The molecule has 9 heteroatoms. The Kier molecular flexibility index (Phi) is 5.95. The van der Waals surface area contributed by atoms with Gasteiger partial charge in [0.05, 0.1) is 6.54 Å². The molecule has 1 aliphatic heterocycles. The molecule has 1 amide bonds. The van der Waals surface area contributed by atoms with Gasteiger partial charge in [-0.1, -0.05) is 0 Å². The lowest BCUT2D eigenvalue weighted by Crippen LogP contribution is -2.36. The Bertz CT molecular complexity index is 556. The van der Waals surface area contributed by atoms with E-state index >= 15 is 0 Å². The van der Waals surface area contributed by atoms with Gasteiger partial charge in [-0.15, -0.1) is 0 Å². The smallest absolute Gasteiger partial charge is 0.371 e. The standard InChI is InChI=1S/C15H18F5N3O/c16-13(17)9-22-14(24)7-10-2-5-23(6-3-10)11-1-4-21-12(8-11)15(18,19)20/h1,4,8,10,13H,2-3,5-7,9H2,(H,22,24). The minimum Gasteiger partial charge on any atom is -0.371 e. The predicted octanol–water partition coefficient (Wildman–Crippen LogP) is 3.09. The second-order valence-electron chi connectivity index (χ2n) is 5.73. The van der Waals surface area contributed by atoms with Gasteiger partial charge in [0.15, 0.2) is 0 Å². The molecule has 134 valence electrons. The van der Waals surface area contributed by atoms with Gasteiger partial charge in [-0.05, 0) is 30.9 Å². The Morgan fingerprint density at radius 1 is 1.33 bits per heavy atom. The normalized spacial score (nSPS) is 16.5. The highest BCUT2D eigenvalue weighted by Crippen LogP contribution is 2.31. The third kappa shape index (κ3) is 5.31. The van der Waals surface area contributed by atoms with Crippen LogP contribution in [0.1, 0.15) is 25.0 Å². The lowest BCUT2D eigenvalue weighted by atomic mass is 9.93. The van der Waals surface area contributed by atoms with Crippen molar-refractivity contribution in [2.45, 2.75) is 31.9 Å². The molecule has 1 aliphatic rings. The van der Waals surface area contributed by atoms with E-state index < -0.39 is 30.7 Å². The maximum Gasteiger partial charge on any atom is 0.433 e. The number of pyridine rings is 1. The van der Waals surface area contributed by atoms with Crippen molar-refractivity contribution >= 4 is 11.6 Å². The van der Waals surface area contributed by atoms with Crippen LogP contribution in [0.25, 0.3) is 0 Å². The number of anilines is 1. The fourth-order valence-electron chi connectivity index (χ4n) is 2.69. The van der Waals surface area contributed by atoms with Crippen LogP contribution in [0.2, 0.25) is 0 Å². The van der Waals surface area contributed by atoms with Gasteiger partial charge < -0.3 is 10.2 Å². The van der Waals surface area contributed by atoms with Gasteiger partial charge in [-0.25, -0.2) is 8.78 Å². The number of hydrogen-bond donors (Lipinski definition) is 1. The van der Waals surface area contributed by atoms with Crippen LogP contribution >= 0.6 is 0 Å². The summed E-state index contributed by atoms with van der Waals surface area (Å²) in [6.07, 6.45) is -4.55. The van der Waals surface area contributed by atoms with Crippen molar-refractivity contribution in [3.63, 3.8) is 0 Å². The van der Waals surface area contributed by atoms with Crippen LogP contribution in [0, 0.1) is 5.92 Å². The number of rotatable bonds is 5. The van der Waals surface area contributed by atoms with Gasteiger partial charge in [0.25, 0.3) is 6.43 Å². The van der Waals surface area contributed by atoms with E-state index in [0.717, 1.165) is 12.3 Å². The van der Waals surface area contributed by atoms with Gasteiger partial charge >= 0.3 is 6.18 Å². The zero-order valence-corrected chi connectivity index (χ0v) is 12.8. The van der Waals surface area contributed by atoms with Crippen molar-refractivity contribution in [1.29, 1.82) is 0 Å². The molecular formula is C15H18F5N3O. The van der Waals surface area contributed by atoms with Crippen molar-refractivity contribution < 1.29 is 26.7 Å². The zero-order chi connectivity index (χ0) is 17.7. The summed E-state index contributed by atoms with van der Waals surface area (Å²) in [6, 6.07) is 2.53. The Hall–Kier alpha value is -1.93. The summed E-state index contributed by atoms with van der Waals surface area (Å²) in [6.45, 7) is 0.358. The number of carbonyl (C=O) groups is 1. The van der Waals surface area contributed by atoms with Crippen molar-refractivity contribution in [2.75, 3.05) is 24.5 Å². The van der Waals surface area contributed by atoms with Crippen LogP contribution in [0.15, 0.2) is 18.3 Å². The van der Waals surface area contributed by atoms with Gasteiger partial charge in [0, 0.05) is 31.4 Å². The van der Waals surface area contributed by atoms with Gasteiger partial charge in [0.1, 0.15) is 5.69 Å². The maximum absolute atomic E-state index is 12.7. The molecule has 2 heterocycles. The first-order chi connectivity index (χ1) is 11.3. The van der Waals surface area contributed by atoms with Crippen LogP contribution in [0.5, 0.6) is 0 Å². The van der Waals surface area contributed by atoms with E-state index in [1.807, 2.05) is 4.90 Å². The number of halogens is 5. The van der Waals surface area contributed by atoms with E-state index in [4.69, 9.17) is 0 Å². The van der Waals surface area contributed by atoms with Crippen molar-refractivity contribution in [3.05, 3.63) is 24.0 Å². The predicted molar refractivity (Wildman–Crippen MR) is 77.8 cm³/mol. The summed E-state index contributed by atoms with van der Waals surface area (Å²) in [5.74, 6) is -0.375. The van der Waals surface area contributed by atoms with E-state index in [1.165, 1.54) is 6.07 Å². The summed E-state index contributed by atoms with van der Waals surface area (Å²) in [4.78, 5) is 16.7. The summed E-state index contributed by atoms with van der Waals surface area (Å²) < 4.78 is 62.1. The summed E-state index contributed by atoms with van der Waals surface area (Å²) >= 11 is 0. The van der Waals surface area contributed by atoms with Crippen LogP contribution in [-0.2, 0) is 11.0 Å². The molecule has 0 unspecified atom stereocenters. The molecule has 0 spiro atoms. The minimum atomic E-state index is -4.49. The van der Waals surface area contributed by atoms with E-state index in [2.05, 4.69) is 10.3 Å². The maximum atomic E-state index is 12.7. The average molecular weight is 351 g/mol. The van der Waals surface area contributed by atoms with E-state index in [1.54, 1.807) is 0 Å². The van der Waals surface area contributed by atoms with Crippen molar-refractivity contribution in [2.24, 2.45) is 5.92 Å². The Morgan fingerprint density at radius 2 is 2.00 bits per heavy atom. The highest BCUT2D eigenvalue weighted by molar-refractivity contribution is 5.76. The third-order valence-corrected chi connectivity index (χ3v) is 3.94. The molecule has 1 fully saturated rings. The van der Waals surface area contributed by atoms with Crippen LogP contribution in [0.3, 0.4) is 0 Å². The van der Waals surface area contributed by atoms with E-state index in [9.17, 15) is 26.7 Å². The lowest BCUT2D eigenvalue weighted by molar-refractivity contribution is -0.141. The molecule has 0 aromatic carbocycles. The number of aromatic nitrogens is 1. The lowest BCUT2D eigenvalue weighted by Gasteiger charge is -2.33. The van der Waals surface area contributed by atoms with Gasteiger partial charge in [-0.2, -0.15) is 13.2 Å². The summed E-state index contributed by atoms with van der Waals surface area (Å²) in [5.41, 5.74) is -0.494. The SMILES string of the molecule is O=C(CC1CCN(c2ccnc(C(F)(F)F)c2)CC1)NCC(F)F. The highest BCUT2D eigenvalue weighted by atomic mass is 19.4. The number of carbonyl (C=O) groups excluding carboxylic acids is 1. The second kappa shape index (κ2) is 7.76. The number of nitrogens with zero attached hydrogens (tertiary/aromatic N) is 2. The first kappa shape index (κ1) is 18.4. The monoisotopic (exact) mass is 351 g/mol. The molecular weight excluding hydrogens is 333 g/mol. The number of nitrogens with one attached hydrogen (secondary N) is 1. The molecule has 0 radical (unpaired) electrons. The van der Waals surface area contributed by atoms with Crippen LogP contribution < -0.4 is 10.2 Å². The summed E-state index contributed by atoms with van der Waals surface area (Å²) in [7, 11) is 0. The molecule has 1 N–H and O–H groups in total. The average Bonchev–Trinajstić information content (AvgIpc) is 2.53. The quantitative estimate of drug-likeness (QED) is 0.830. The first-order valence-corrected chi connectivity index (χ1v) is 7.58. The molecule has 1 aromatic rings. The topological polar surface area (TPSA) is 45.2 Å². The second-order valence-corrected chi connectivity index (χ2v) is 5.73. The molecule has 1 aromatic heterocycles. The minimum absolute atomic E-state index is 0.0443. The largest absolute Gasteiger partial charge is 0.433 e. The molecule has 2 rings (SSSR count). The van der Waals surface area contributed by atoms with E-state index in [-0.39, 0.29) is 12.3 Å². The van der Waals surface area contributed by atoms with Crippen molar-refractivity contribution in [1.82, 2.24) is 10.3 Å². The van der Waals surface area contributed by atoms with E-state index in [0.29, 0.717) is 31.6 Å². The number of amides is 1. The fraction of sp³-hybridized carbons (Fsp3) is 0.600. The van der Waals surface area contributed by atoms with Crippen LogP contribution in [0.4, 0.5) is 27.6 Å². The van der Waals surface area contributed by atoms with Gasteiger partial charge in [0.2, 0.25) is 5.91 Å². The number of hydrogen-bond acceptors (Lipinski definition) is 3. The zero-order valence-electron chi connectivity index (χ0n) is 12.8. The van der Waals surface area contributed by atoms with Crippen LogP contribution in [-0.4, -0.2) is 37.0 Å². The molecule has 0 bridgehead atoms. The highest BCUT2D eigenvalue weighted by Gasteiger charge is 2.33. The molecule has 1 saturated heterocycles. The Labute approximate surface area is 136 Å². The Balaban J connectivity index is 1.86. The Morgan fingerprint density at radius 3 is 2.58 bits per heavy atom. The molecule has 0 saturated carbocycles. The van der Waals surface area contributed by atoms with Gasteiger partial charge in [-0.3, -0.25) is 9.78 Å². The van der Waals surface area contributed by atoms with Crippen molar-refractivity contribution in [3.8, 4) is 0 Å². The number of alkyl halides is 5. The molecule has 0 aliphatic carbocycles. The first-order valence-electron chi connectivity index (χ1n) is 7.58. The fourth-order valence-corrected chi connectivity index (χ4v) is 2.69. The summed E-state index contributed by atoms with van der Waals surface area (Å²) in [5, 5.41) is 2.16.